The average Bonchev–Trinajstić information content (AvgIpc) is 2.56. The van der Waals surface area contributed by atoms with E-state index in [0.29, 0.717) is 6.54 Å². The molecule has 1 fully saturated rings. The highest BCUT2D eigenvalue weighted by Crippen LogP contribution is 2.08. The molecule has 1 N–H and O–H groups in total. The van der Waals surface area contributed by atoms with Crippen molar-refractivity contribution in [2.75, 3.05) is 47.3 Å². The first kappa shape index (κ1) is 11.5. The Morgan fingerprint density at radius 1 is 1.43 bits per heavy atom. The second-order valence-electron chi connectivity index (χ2n) is 4.34. The zero-order valence-electron chi connectivity index (χ0n) is 9.42. The van der Waals surface area contributed by atoms with Crippen molar-refractivity contribution in [1.82, 2.24) is 15.1 Å². The van der Waals surface area contributed by atoms with Crippen LogP contribution in [0.25, 0.3) is 0 Å². The van der Waals surface area contributed by atoms with Crippen molar-refractivity contribution in [3.05, 3.63) is 0 Å². The number of carbonyl (C=O) groups is 1. The highest BCUT2D eigenvalue weighted by molar-refractivity contribution is 5.77. The molecule has 1 unspecified atom stereocenters. The Hall–Kier alpha value is -0.610. The number of nitrogens with one attached hydrogen (secondary N) is 1. The molecule has 0 aromatic heterocycles. The van der Waals surface area contributed by atoms with Crippen molar-refractivity contribution in [3.8, 4) is 0 Å². The topological polar surface area (TPSA) is 35.6 Å². The summed E-state index contributed by atoms with van der Waals surface area (Å²) >= 11 is 0. The van der Waals surface area contributed by atoms with Gasteiger partial charge in [-0.1, -0.05) is 0 Å². The fourth-order valence-corrected chi connectivity index (χ4v) is 1.75. The molecule has 0 aromatic rings. The molecular weight excluding hydrogens is 178 g/mol. The van der Waals surface area contributed by atoms with Crippen LogP contribution in [0.2, 0.25) is 0 Å². The lowest BCUT2D eigenvalue weighted by Crippen LogP contribution is -2.37. The van der Waals surface area contributed by atoms with Crippen LogP contribution < -0.4 is 5.32 Å². The average molecular weight is 199 g/mol. The molecule has 1 saturated heterocycles. The van der Waals surface area contributed by atoms with E-state index in [-0.39, 0.29) is 5.91 Å². The van der Waals surface area contributed by atoms with Crippen LogP contribution in [-0.4, -0.2) is 63.0 Å². The predicted octanol–water partition coefficient (Wildman–Crippen LogP) is -0.384. The van der Waals surface area contributed by atoms with E-state index in [4.69, 9.17) is 0 Å². The standard InChI is InChI=1S/C10H21N3O/c1-12(2)10(14)8-13(3)7-9-4-5-11-6-9/h9,11H,4-8H2,1-3H3. The molecule has 0 bridgehead atoms. The summed E-state index contributed by atoms with van der Waals surface area (Å²) in [7, 11) is 5.61. The Morgan fingerprint density at radius 2 is 2.14 bits per heavy atom. The third-order valence-corrected chi connectivity index (χ3v) is 2.64. The van der Waals surface area contributed by atoms with E-state index in [9.17, 15) is 4.79 Å². The van der Waals surface area contributed by atoms with Gasteiger partial charge < -0.3 is 10.2 Å². The summed E-state index contributed by atoms with van der Waals surface area (Å²) in [6.07, 6.45) is 1.24. The lowest BCUT2D eigenvalue weighted by Gasteiger charge is -2.21. The number of carbonyl (C=O) groups excluding carboxylic acids is 1. The van der Waals surface area contributed by atoms with Crippen LogP contribution in [0.3, 0.4) is 0 Å². The lowest BCUT2D eigenvalue weighted by atomic mass is 10.1. The fourth-order valence-electron chi connectivity index (χ4n) is 1.75. The molecule has 0 aromatic carbocycles. The number of rotatable bonds is 4. The van der Waals surface area contributed by atoms with Gasteiger partial charge in [-0.15, -0.1) is 0 Å². The Kier molecular flexibility index (Phi) is 4.35. The van der Waals surface area contributed by atoms with Gasteiger partial charge in [-0.3, -0.25) is 9.69 Å². The summed E-state index contributed by atoms with van der Waals surface area (Å²) in [6, 6.07) is 0. The quantitative estimate of drug-likeness (QED) is 0.670. The molecule has 14 heavy (non-hydrogen) atoms. The van der Waals surface area contributed by atoms with E-state index in [2.05, 4.69) is 10.2 Å². The molecule has 0 saturated carbocycles. The van der Waals surface area contributed by atoms with Crippen molar-refractivity contribution in [2.24, 2.45) is 5.92 Å². The van der Waals surface area contributed by atoms with Gasteiger partial charge in [-0.2, -0.15) is 0 Å². The van der Waals surface area contributed by atoms with Crippen LogP contribution in [0.5, 0.6) is 0 Å². The van der Waals surface area contributed by atoms with Crippen molar-refractivity contribution in [3.63, 3.8) is 0 Å². The fraction of sp³-hybridized carbons (Fsp3) is 0.900. The SMILES string of the molecule is CN(CC(=O)N(C)C)CC1CCNC1. The first-order chi connectivity index (χ1) is 6.59. The summed E-state index contributed by atoms with van der Waals surface area (Å²) in [4.78, 5) is 15.1. The minimum absolute atomic E-state index is 0.179. The minimum Gasteiger partial charge on any atom is -0.348 e. The van der Waals surface area contributed by atoms with Gasteiger partial charge in [0, 0.05) is 20.6 Å². The number of nitrogens with zero attached hydrogens (tertiary/aromatic N) is 2. The first-order valence-corrected chi connectivity index (χ1v) is 5.19. The maximum absolute atomic E-state index is 11.4. The summed E-state index contributed by atoms with van der Waals surface area (Å²) in [6.45, 7) is 3.77. The van der Waals surface area contributed by atoms with Crippen LogP contribution in [-0.2, 0) is 4.79 Å². The van der Waals surface area contributed by atoms with Crippen LogP contribution >= 0.6 is 0 Å². The normalized spacial score (nSPS) is 21.6. The molecule has 4 nitrogen and oxygen atoms in total. The van der Waals surface area contributed by atoms with Gasteiger partial charge in [0.2, 0.25) is 5.91 Å². The van der Waals surface area contributed by atoms with E-state index in [1.165, 1.54) is 6.42 Å². The zero-order chi connectivity index (χ0) is 10.6. The van der Waals surface area contributed by atoms with Crippen molar-refractivity contribution >= 4 is 5.91 Å². The molecule has 0 aliphatic carbocycles. The zero-order valence-corrected chi connectivity index (χ0v) is 9.42. The Morgan fingerprint density at radius 3 is 2.64 bits per heavy atom. The van der Waals surface area contributed by atoms with E-state index in [0.717, 1.165) is 25.6 Å². The molecule has 1 amide bonds. The van der Waals surface area contributed by atoms with E-state index < -0.39 is 0 Å². The second-order valence-corrected chi connectivity index (χ2v) is 4.34. The predicted molar refractivity (Wildman–Crippen MR) is 57.2 cm³/mol. The smallest absolute Gasteiger partial charge is 0.236 e. The first-order valence-electron chi connectivity index (χ1n) is 5.19. The maximum Gasteiger partial charge on any atom is 0.236 e. The number of hydrogen-bond acceptors (Lipinski definition) is 3. The molecule has 1 aliphatic rings. The van der Waals surface area contributed by atoms with E-state index in [1.54, 1.807) is 19.0 Å². The highest BCUT2D eigenvalue weighted by Gasteiger charge is 2.17. The van der Waals surface area contributed by atoms with E-state index in [1.807, 2.05) is 7.05 Å². The van der Waals surface area contributed by atoms with Gasteiger partial charge in [-0.25, -0.2) is 0 Å². The van der Waals surface area contributed by atoms with Crippen LogP contribution in [0, 0.1) is 5.92 Å². The number of amides is 1. The molecule has 4 heteroatoms. The highest BCUT2D eigenvalue weighted by atomic mass is 16.2. The molecule has 0 spiro atoms. The molecule has 1 aliphatic heterocycles. The summed E-state index contributed by atoms with van der Waals surface area (Å²) in [5, 5.41) is 3.33. The monoisotopic (exact) mass is 199 g/mol. The molecular formula is C10H21N3O. The van der Waals surface area contributed by atoms with Gasteiger partial charge >= 0.3 is 0 Å². The largest absolute Gasteiger partial charge is 0.348 e. The third-order valence-electron chi connectivity index (χ3n) is 2.64. The van der Waals surface area contributed by atoms with Crippen LogP contribution in [0.1, 0.15) is 6.42 Å². The van der Waals surface area contributed by atoms with E-state index >= 15 is 0 Å². The van der Waals surface area contributed by atoms with Crippen LogP contribution in [0.15, 0.2) is 0 Å². The third kappa shape index (κ3) is 3.64. The van der Waals surface area contributed by atoms with Crippen molar-refractivity contribution in [2.45, 2.75) is 6.42 Å². The molecule has 82 valence electrons. The van der Waals surface area contributed by atoms with Gasteiger partial charge in [0.15, 0.2) is 0 Å². The molecule has 1 heterocycles. The van der Waals surface area contributed by atoms with Crippen LogP contribution in [0.4, 0.5) is 0 Å². The second kappa shape index (κ2) is 5.32. The molecule has 1 atom stereocenters. The van der Waals surface area contributed by atoms with Gasteiger partial charge in [0.1, 0.15) is 0 Å². The minimum atomic E-state index is 0.179. The summed E-state index contributed by atoms with van der Waals surface area (Å²) in [5.41, 5.74) is 0. The summed E-state index contributed by atoms with van der Waals surface area (Å²) < 4.78 is 0. The number of hydrogen-bond donors (Lipinski definition) is 1. The maximum atomic E-state index is 11.4. The molecule has 0 radical (unpaired) electrons. The van der Waals surface area contributed by atoms with Gasteiger partial charge in [0.05, 0.1) is 6.54 Å². The van der Waals surface area contributed by atoms with Crippen molar-refractivity contribution < 1.29 is 4.79 Å². The van der Waals surface area contributed by atoms with Crippen molar-refractivity contribution in [1.29, 1.82) is 0 Å². The number of likely N-dealkylation sites (N-methyl/N-ethyl adjacent to an activating group) is 2. The Labute approximate surface area is 86.2 Å². The molecule has 1 rings (SSSR count). The summed E-state index contributed by atoms with van der Waals surface area (Å²) in [5.74, 6) is 0.897. The van der Waals surface area contributed by atoms with Gasteiger partial charge in [-0.05, 0) is 32.5 Å². The lowest BCUT2D eigenvalue weighted by molar-refractivity contribution is -0.129. The Balaban J connectivity index is 2.20. The van der Waals surface area contributed by atoms with Gasteiger partial charge in [0.25, 0.3) is 0 Å². The Bertz CT molecular complexity index is 188.